The quantitative estimate of drug-likeness (QED) is 0.366. The van der Waals surface area contributed by atoms with Crippen molar-refractivity contribution >= 4 is 10.4 Å². The van der Waals surface area contributed by atoms with Crippen molar-refractivity contribution < 1.29 is 74.4 Å². The van der Waals surface area contributed by atoms with Crippen LogP contribution in [0.2, 0.25) is 0 Å². The summed E-state index contributed by atoms with van der Waals surface area (Å²) in [4.78, 5) is 0. The molecule has 0 aliphatic carbocycles. The molecule has 0 spiro atoms. The van der Waals surface area contributed by atoms with Crippen molar-refractivity contribution in [2.45, 2.75) is 0 Å². The number of halogens is 3. The first-order valence-electron chi connectivity index (χ1n) is 1.10. The summed E-state index contributed by atoms with van der Waals surface area (Å²) >= 11 is -4.25. The molecule has 0 aromatic rings. The Morgan fingerprint density at radius 2 is 1.20 bits per heavy atom. The van der Waals surface area contributed by atoms with Crippen LogP contribution in [0.25, 0.3) is 0 Å². The second kappa shape index (κ2) is 8.28. The number of hydrogen-bond acceptors (Lipinski definition) is 2. The Morgan fingerprint density at radius 1 is 1.20 bits per heavy atom. The molecule has 0 aliphatic heterocycles. The maximum Gasteiger partial charge on any atom is 1.00 e. The van der Waals surface area contributed by atoms with E-state index in [1.54, 1.807) is 0 Å². The Morgan fingerprint density at radius 3 is 1.20 bits per heavy atom. The summed E-state index contributed by atoms with van der Waals surface area (Å²) in [5, 5.41) is 0. The van der Waals surface area contributed by atoms with E-state index in [9.17, 15) is 10.7 Å². The van der Waals surface area contributed by atoms with Crippen molar-refractivity contribution in [1.82, 2.24) is 0 Å². The minimum Gasteiger partial charge on any atom is -1.00 e. The van der Waals surface area contributed by atoms with Gasteiger partial charge in [0, 0.05) is 0 Å². The van der Waals surface area contributed by atoms with Crippen molar-refractivity contribution in [3.05, 3.63) is 0 Å². The zero-order chi connectivity index (χ0) is 8.08. The molecular weight excluding hydrogens is 232 g/mol. The fourth-order valence-electron chi connectivity index (χ4n) is 0. The molecule has 0 bridgehead atoms. The van der Waals surface area contributed by atoms with Crippen LogP contribution in [0.15, 0.2) is 0 Å². The topological polar surface area (TPSA) is 74.6 Å². The monoisotopic (exact) mass is 235 g/mol. The van der Waals surface area contributed by atoms with Gasteiger partial charge in [0.1, 0.15) is 0 Å². The van der Waals surface area contributed by atoms with Gasteiger partial charge in [-0.15, -0.1) is 0 Å². The van der Waals surface area contributed by atoms with E-state index in [-0.39, 0.29) is 31.0 Å². The summed E-state index contributed by atoms with van der Waals surface area (Å²) in [6.45, 7) is 0. The molecule has 0 radical (unpaired) electrons. The van der Waals surface area contributed by atoms with Crippen LogP contribution in [0.5, 0.6) is 0 Å². The van der Waals surface area contributed by atoms with Gasteiger partial charge in [-0.1, -0.05) is 0 Å². The predicted molar refractivity (Wildman–Crippen MR) is 18.6 cm³/mol. The number of rotatable bonds is 0. The van der Waals surface area contributed by atoms with Gasteiger partial charge in [-0.3, -0.25) is 9.11 Å². The summed E-state index contributed by atoms with van der Waals surface area (Å²) in [7, 11) is -4.67. The van der Waals surface area contributed by atoms with Gasteiger partial charge in [0.2, 0.25) is 0 Å². The maximum absolute atomic E-state index is 9.75. The summed E-state index contributed by atoms with van der Waals surface area (Å²) in [5.74, 6) is 0. The molecule has 63 valence electrons. The van der Waals surface area contributed by atoms with Crippen LogP contribution >= 0.6 is 0 Å². The zero-order valence-electron chi connectivity index (χ0n) is 5.61. The first-order chi connectivity index (χ1) is 3.73. The van der Waals surface area contributed by atoms with Crippen LogP contribution < -0.4 is 29.6 Å². The minimum atomic E-state index is -4.67. The van der Waals surface area contributed by atoms with E-state index >= 15 is 0 Å². The van der Waals surface area contributed by atoms with E-state index in [2.05, 4.69) is 0 Å². The van der Waals surface area contributed by atoms with Gasteiger partial charge in [0.05, 0.1) is 0 Å². The van der Waals surface area contributed by atoms with E-state index in [0.717, 1.165) is 0 Å². The molecule has 0 aliphatic rings. The van der Waals surface area contributed by atoms with Gasteiger partial charge in [0.25, 0.3) is 0 Å². The first-order valence-corrected chi connectivity index (χ1v) is 3.75. The third-order valence-corrected chi connectivity index (χ3v) is 0. The Hall–Kier alpha value is 1.18. The molecule has 2 N–H and O–H groups in total. The molecule has 0 amide bonds. The van der Waals surface area contributed by atoms with Gasteiger partial charge < -0.3 is 1.43 Å². The van der Waals surface area contributed by atoms with Crippen LogP contribution in [0, 0.1) is 0 Å². The molecule has 10 heteroatoms. The van der Waals surface area contributed by atoms with Crippen molar-refractivity contribution in [2.75, 3.05) is 0 Å². The largest absolute Gasteiger partial charge is 1.00 e. The molecule has 10 heavy (non-hydrogen) atoms. The normalized spacial score (nSPS) is 10.3. The van der Waals surface area contributed by atoms with Crippen LogP contribution in [0.4, 0.5) is 10.7 Å². The standard InChI is InChI=1S/3FH.Fe.Na.H2O4S.H/c;;;;;1-5(2,3)4;/h3*1H;;;(H2,1,2,3,4);/q;;;+3;+1;;-1/p-3. The summed E-state index contributed by atoms with van der Waals surface area (Å²) in [6, 6.07) is 0. The summed E-state index contributed by atoms with van der Waals surface area (Å²) in [6.07, 6.45) is 0. The average Bonchev–Trinajstić information content (AvgIpc) is 1.19. The van der Waals surface area contributed by atoms with Crippen molar-refractivity contribution in [1.29, 1.82) is 0 Å². The molecule has 0 rings (SSSR count). The van der Waals surface area contributed by atoms with E-state index in [1.165, 1.54) is 0 Å². The molecule has 0 atom stereocenters. The van der Waals surface area contributed by atoms with E-state index < -0.39 is 25.7 Å². The Balaban J connectivity index is -0.0000000383. The third kappa shape index (κ3) is 441. The van der Waals surface area contributed by atoms with Gasteiger partial charge in [0.15, 0.2) is 0 Å². The SMILES string of the molecule is O=S(=O)(O)O.[F][Fe]([F])[F].[H-].[Na+]. The van der Waals surface area contributed by atoms with Crippen molar-refractivity contribution in [3.8, 4) is 0 Å². The van der Waals surface area contributed by atoms with Crippen LogP contribution in [-0.4, -0.2) is 17.5 Å². The van der Waals surface area contributed by atoms with Crippen molar-refractivity contribution in [3.63, 3.8) is 0 Å². The van der Waals surface area contributed by atoms with E-state index in [4.69, 9.17) is 17.5 Å². The van der Waals surface area contributed by atoms with Crippen LogP contribution in [0.3, 0.4) is 0 Å². The van der Waals surface area contributed by atoms with E-state index in [0.29, 0.717) is 0 Å². The first kappa shape index (κ1) is 17.3. The summed E-state index contributed by atoms with van der Waals surface area (Å²) < 4.78 is 60.8. The third-order valence-electron chi connectivity index (χ3n) is 0. The van der Waals surface area contributed by atoms with Gasteiger partial charge in [-0.05, 0) is 0 Å². The van der Waals surface area contributed by atoms with E-state index in [1.807, 2.05) is 0 Å². The van der Waals surface area contributed by atoms with Gasteiger partial charge >= 0.3 is 65.9 Å². The number of hydrogen-bond donors (Lipinski definition) is 2. The van der Waals surface area contributed by atoms with Gasteiger partial charge in [-0.25, -0.2) is 0 Å². The van der Waals surface area contributed by atoms with Crippen molar-refractivity contribution in [2.24, 2.45) is 0 Å². The molecule has 0 saturated heterocycles. The van der Waals surface area contributed by atoms with Gasteiger partial charge in [-0.2, -0.15) is 8.42 Å². The smallest absolute Gasteiger partial charge is 1.00 e. The second-order valence-electron chi connectivity index (χ2n) is 0.599. The molecular formula is H3F3FeNaO4S. The van der Waals surface area contributed by atoms with Crippen LogP contribution in [-0.2, 0) is 25.7 Å². The Kier molecular flexibility index (Phi) is 14.3. The molecule has 0 fully saturated rings. The second-order valence-corrected chi connectivity index (χ2v) is 1.97. The fraction of sp³-hybridized carbons (Fsp3) is 0. The molecule has 4 nitrogen and oxygen atoms in total. The zero-order valence-corrected chi connectivity index (χ0v) is 8.53. The molecule has 0 saturated carbocycles. The molecule has 0 heterocycles. The fourth-order valence-corrected chi connectivity index (χ4v) is 0. The maximum atomic E-state index is 9.75. The molecule has 0 aromatic carbocycles. The molecule has 0 unspecified atom stereocenters. The Bertz CT molecular complexity index is 137. The average molecular weight is 235 g/mol. The Labute approximate surface area is 84.4 Å². The van der Waals surface area contributed by atoms with Crippen LogP contribution in [0.1, 0.15) is 1.43 Å². The molecule has 0 aromatic heterocycles. The predicted octanol–water partition coefficient (Wildman–Crippen LogP) is -2.28. The summed E-state index contributed by atoms with van der Waals surface area (Å²) in [5.41, 5.74) is 0. The minimum absolute atomic E-state index is 0.